The van der Waals surface area contributed by atoms with Gasteiger partial charge in [-0.2, -0.15) is 0 Å². The van der Waals surface area contributed by atoms with Crippen LogP contribution in [-0.2, 0) is 9.53 Å². The summed E-state index contributed by atoms with van der Waals surface area (Å²) < 4.78 is 4.86. The van der Waals surface area contributed by atoms with Gasteiger partial charge < -0.3 is 9.64 Å². The Morgan fingerprint density at radius 3 is 2.44 bits per heavy atom. The Labute approximate surface area is 110 Å². The standard InChI is InChI=1S/C15H23NO2/c1-6-16(11-15(3,4)14(17)18-5)13-10-8-7-9-12(13)2/h7-10H,6,11H2,1-5H3. The molecule has 0 unspecified atom stereocenters. The molecule has 0 N–H and O–H groups in total. The van der Waals surface area contributed by atoms with Gasteiger partial charge in [-0.1, -0.05) is 18.2 Å². The third-order valence-electron chi connectivity index (χ3n) is 3.16. The van der Waals surface area contributed by atoms with Gasteiger partial charge in [-0.3, -0.25) is 4.79 Å². The molecule has 0 bridgehead atoms. The number of ether oxygens (including phenoxy) is 1. The number of para-hydroxylation sites is 1. The number of nitrogens with zero attached hydrogens (tertiary/aromatic N) is 1. The predicted octanol–water partition coefficient (Wildman–Crippen LogP) is 3.02. The van der Waals surface area contributed by atoms with Crippen molar-refractivity contribution in [1.29, 1.82) is 0 Å². The molecule has 0 saturated carbocycles. The molecule has 0 fully saturated rings. The molecule has 0 aliphatic heterocycles. The number of carbonyl (C=O) groups excluding carboxylic acids is 1. The molecule has 0 radical (unpaired) electrons. The van der Waals surface area contributed by atoms with Gasteiger partial charge in [-0.25, -0.2) is 0 Å². The SMILES string of the molecule is CCN(CC(C)(C)C(=O)OC)c1ccccc1C. The summed E-state index contributed by atoms with van der Waals surface area (Å²) in [7, 11) is 1.44. The summed E-state index contributed by atoms with van der Waals surface area (Å²) in [4.78, 5) is 14.0. The van der Waals surface area contributed by atoms with Crippen molar-refractivity contribution in [2.45, 2.75) is 27.7 Å². The molecule has 0 heterocycles. The fourth-order valence-corrected chi connectivity index (χ4v) is 2.10. The first-order valence-corrected chi connectivity index (χ1v) is 6.31. The minimum Gasteiger partial charge on any atom is -0.469 e. The Balaban J connectivity index is 2.93. The summed E-state index contributed by atoms with van der Waals surface area (Å²) in [5, 5.41) is 0. The van der Waals surface area contributed by atoms with Crippen molar-refractivity contribution in [1.82, 2.24) is 0 Å². The maximum Gasteiger partial charge on any atom is 0.313 e. The number of anilines is 1. The number of hydrogen-bond donors (Lipinski definition) is 0. The Bertz CT molecular complexity index is 413. The van der Waals surface area contributed by atoms with E-state index in [9.17, 15) is 4.79 Å². The molecule has 100 valence electrons. The van der Waals surface area contributed by atoms with Gasteiger partial charge in [0.15, 0.2) is 0 Å². The highest BCUT2D eigenvalue weighted by molar-refractivity contribution is 5.76. The highest BCUT2D eigenvalue weighted by Crippen LogP contribution is 2.25. The van der Waals surface area contributed by atoms with Gasteiger partial charge in [0.25, 0.3) is 0 Å². The van der Waals surface area contributed by atoms with Gasteiger partial charge in [-0.15, -0.1) is 0 Å². The lowest BCUT2D eigenvalue weighted by molar-refractivity contribution is -0.150. The minimum atomic E-state index is -0.507. The first-order valence-electron chi connectivity index (χ1n) is 6.31. The number of aryl methyl sites for hydroxylation is 1. The van der Waals surface area contributed by atoms with E-state index in [4.69, 9.17) is 4.74 Å². The minimum absolute atomic E-state index is 0.172. The molecular formula is C15H23NO2. The van der Waals surface area contributed by atoms with Crippen molar-refractivity contribution >= 4 is 11.7 Å². The number of carbonyl (C=O) groups is 1. The van der Waals surface area contributed by atoms with Crippen LogP contribution in [0.5, 0.6) is 0 Å². The van der Waals surface area contributed by atoms with Crippen molar-refractivity contribution < 1.29 is 9.53 Å². The van der Waals surface area contributed by atoms with Crippen LogP contribution in [0.4, 0.5) is 5.69 Å². The summed E-state index contributed by atoms with van der Waals surface area (Å²) >= 11 is 0. The smallest absolute Gasteiger partial charge is 0.313 e. The molecule has 18 heavy (non-hydrogen) atoms. The lowest BCUT2D eigenvalue weighted by atomic mass is 9.92. The zero-order valence-electron chi connectivity index (χ0n) is 12.0. The van der Waals surface area contributed by atoms with E-state index < -0.39 is 5.41 Å². The Morgan fingerprint density at radius 1 is 1.33 bits per heavy atom. The average molecular weight is 249 g/mol. The van der Waals surface area contributed by atoms with E-state index in [1.807, 2.05) is 26.0 Å². The summed E-state index contributed by atoms with van der Waals surface area (Å²) in [6.07, 6.45) is 0. The van der Waals surface area contributed by atoms with Gasteiger partial charge >= 0.3 is 5.97 Å². The number of rotatable bonds is 5. The summed E-state index contributed by atoms with van der Waals surface area (Å²) in [5.74, 6) is -0.172. The normalized spacial score (nSPS) is 11.2. The maximum atomic E-state index is 11.8. The third kappa shape index (κ3) is 3.25. The second-order valence-electron chi connectivity index (χ2n) is 5.18. The monoisotopic (exact) mass is 249 g/mol. The van der Waals surface area contributed by atoms with E-state index in [-0.39, 0.29) is 5.97 Å². The maximum absolute atomic E-state index is 11.8. The largest absolute Gasteiger partial charge is 0.469 e. The highest BCUT2D eigenvalue weighted by atomic mass is 16.5. The Kier molecular flexibility index (Phi) is 4.76. The second kappa shape index (κ2) is 5.89. The lowest BCUT2D eigenvalue weighted by Crippen LogP contribution is -2.40. The summed E-state index contributed by atoms with van der Waals surface area (Å²) in [6.45, 7) is 9.54. The van der Waals surface area contributed by atoms with E-state index in [2.05, 4.69) is 30.9 Å². The molecule has 0 aliphatic carbocycles. The molecule has 1 rings (SSSR count). The van der Waals surface area contributed by atoms with E-state index in [1.165, 1.54) is 18.4 Å². The van der Waals surface area contributed by atoms with Crippen LogP contribution in [0.3, 0.4) is 0 Å². The molecule has 0 amide bonds. The molecule has 0 spiro atoms. The molecule has 0 aliphatic rings. The number of esters is 1. The number of hydrogen-bond acceptors (Lipinski definition) is 3. The van der Waals surface area contributed by atoms with Crippen LogP contribution in [0, 0.1) is 12.3 Å². The zero-order chi connectivity index (χ0) is 13.8. The fraction of sp³-hybridized carbons (Fsp3) is 0.533. The van der Waals surface area contributed by atoms with Crippen LogP contribution >= 0.6 is 0 Å². The Hall–Kier alpha value is -1.51. The number of methoxy groups -OCH3 is 1. The molecule has 3 nitrogen and oxygen atoms in total. The fourth-order valence-electron chi connectivity index (χ4n) is 2.10. The van der Waals surface area contributed by atoms with Gasteiger partial charge in [0.2, 0.25) is 0 Å². The molecule has 0 atom stereocenters. The van der Waals surface area contributed by atoms with Gasteiger partial charge in [0, 0.05) is 18.8 Å². The van der Waals surface area contributed by atoms with Crippen LogP contribution in [0.1, 0.15) is 26.3 Å². The third-order valence-corrected chi connectivity index (χ3v) is 3.16. The molecule has 1 aromatic rings. The first kappa shape index (κ1) is 14.6. The second-order valence-corrected chi connectivity index (χ2v) is 5.18. The van der Waals surface area contributed by atoms with Crippen molar-refractivity contribution in [2.24, 2.45) is 5.41 Å². The van der Waals surface area contributed by atoms with E-state index in [0.29, 0.717) is 6.54 Å². The highest BCUT2D eigenvalue weighted by Gasteiger charge is 2.31. The van der Waals surface area contributed by atoms with E-state index in [0.717, 1.165) is 6.54 Å². The quantitative estimate of drug-likeness (QED) is 0.751. The van der Waals surface area contributed by atoms with Crippen molar-refractivity contribution in [2.75, 3.05) is 25.1 Å². The number of benzene rings is 1. The average Bonchev–Trinajstić information content (AvgIpc) is 2.35. The molecule has 0 aromatic heterocycles. The van der Waals surface area contributed by atoms with Gasteiger partial charge in [0.1, 0.15) is 0 Å². The van der Waals surface area contributed by atoms with Crippen molar-refractivity contribution in [3.63, 3.8) is 0 Å². The first-order chi connectivity index (χ1) is 8.42. The topological polar surface area (TPSA) is 29.5 Å². The zero-order valence-corrected chi connectivity index (χ0v) is 12.0. The van der Waals surface area contributed by atoms with Gasteiger partial charge in [0.05, 0.1) is 12.5 Å². The molecule has 3 heteroatoms. The van der Waals surface area contributed by atoms with Crippen molar-refractivity contribution in [3.05, 3.63) is 29.8 Å². The van der Waals surface area contributed by atoms with Crippen LogP contribution in [0.2, 0.25) is 0 Å². The van der Waals surface area contributed by atoms with Crippen molar-refractivity contribution in [3.8, 4) is 0 Å². The summed E-state index contributed by atoms with van der Waals surface area (Å²) in [5.41, 5.74) is 1.89. The van der Waals surface area contributed by atoms with E-state index >= 15 is 0 Å². The lowest BCUT2D eigenvalue weighted by Gasteiger charge is -2.32. The van der Waals surface area contributed by atoms with Crippen LogP contribution in [0.15, 0.2) is 24.3 Å². The van der Waals surface area contributed by atoms with Gasteiger partial charge in [-0.05, 0) is 39.3 Å². The molecular weight excluding hydrogens is 226 g/mol. The van der Waals surface area contributed by atoms with E-state index in [1.54, 1.807) is 0 Å². The molecule has 1 aromatic carbocycles. The van der Waals surface area contributed by atoms with Crippen LogP contribution in [0.25, 0.3) is 0 Å². The Morgan fingerprint density at radius 2 is 1.94 bits per heavy atom. The van der Waals surface area contributed by atoms with Crippen LogP contribution < -0.4 is 4.90 Å². The molecule has 0 saturated heterocycles. The van der Waals surface area contributed by atoms with Crippen LogP contribution in [-0.4, -0.2) is 26.2 Å². The predicted molar refractivity (Wildman–Crippen MR) is 74.9 cm³/mol. The summed E-state index contributed by atoms with van der Waals surface area (Å²) in [6, 6.07) is 8.23.